The highest BCUT2D eigenvalue weighted by atomic mass is 35.5. The van der Waals surface area contributed by atoms with Crippen LogP contribution in [0, 0.1) is 0 Å². The van der Waals surface area contributed by atoms with Crippen molar-refractivity contribution >= 4 is 46.4 Å². The fourth-order valence-electron chi connectivity index (χ4n) is 1.77. The van der Waals surface area contributed by atoms with E-state index >= 15 is 0 Å². The molecule has 0 aromatic heterocycles. The van der Waals surface area contributed by atoms with Crippen LogP contribution in [0.2, 0.25) is 20.1 Å². The molecule has 5 heteroatoms. The van der Waals surface area contributed by atoms with Gasteiger partial charge < -0.3 is 5.73 Å². The monoisotopic (exact) mass is 319 g/mol. The molecule has 0 aliphatic rings. The Hall–Kier alpha value is -0.440. The Morgan fingerprint density at radius 3 is 2.28 bits per heavy atom. The number of benzene rings is 2. The lowest BCUT2D eigenvalue weighted by Gasteiger charge is -2.12. The molecule has 94 valence electrons. The van der Waals surface area contributed by atoms with E-state index in [0.29, 0.717) is 26.6 Å². The normalized spacial score (nSPS) is 10.7. The second kappa shape index (κ2) is 5.68. The minimum atomic E-state index is 0.315. The first-order valence-electron chi connectivity index (χ1n) is 5.17. The topological polar surface area (TPSA) is 26.0 Å². The van der Waals surface area contributed by atoms with Crippen molar-refractivity contribution < 1.29 is 0 Å². The van der Waals surface area contributed by atoms with Crippen LogP contribution in [0.3, 0.4) is 0 Å². The summed E-state index contributed by atoms with van der Waals surface area (Å²) in [7, 11) is 0. The minimum absolute atomic E-state index is 0.315. The molecule has 2 aromatic rings. The molecule has 0 aliphatic heterocycles. The Morgan fingerprint density at radius 1 is 0.889 bits per heavy atom. The Morgan fingerprint density at radius 2 is 1.61 bits per heavy atom. The van der Waals surface area contributed by atoms with Crippen LogP contribution in [0.4, 0.5) is 0 Å². The Bertz CT molecular complexity index is 596. The van der Waals surface area contributed by atoms with Crippen molar-refractivity contribution in [1.82, 2.24) is 0 Å². The van der Waals surface area contributed by atoms with E-state index in [9.17, 15) is 0 Å². The van der Waals surface area contributed by atoms with Crippen molar-refractivity contribution in [3.8, 4) is 11.1 Å². The average Bonchev–Trinajstić information content (AvgIpc) is 2.33. The van der Waals surface area contributed by atoms with Gasteiger partial charge in [-0.3, -0.25) is 0 Å². The van der Waals surface area contributed by atoms with Gasteiger partial charge in [0, 0.05) is 22.2 Å². The second-order valence-electron chi connectivity index (χ2n) is 3.72. The molecule has 0 bridgehead atoms. The third-order valence-corrected chi connectivity index (χ3v) is 3.98. The van der Waals surface area contributed by atoms with Crippen molar-refractivity contribution in [2.24, 2.45) is 5.73 Å². The Labute approximate surface area is 125 Å². The van der Waals surface area contributed by atoms with Gasteiger partial charge in [-0.1, -0.05) is 58.5 Å². The van der Waals surface area contributed by atoms with Crippen molar-refractivity contribution in [3.63, 3.8) is 0 Å². The van der Waals surface area contributed by atoms with Crippen molar-refractivity contribution in [2.45, 2.75) is 6.54 Å². The summed E-state index contributed by atoms with van der Waals surface area (Å²) in [6.07, 6.45) is 0. The van der Waals surface area contributed by atoms with E-state index in [4.69, 9.17) is 52.1 Å². The van der Waals surface area contributed by atoms with Gasteiger partial charge in [0.05, 0.1) is 10.0 Å². The van der Waals surface area contributed by atoms with Crippen LogP contribution in [0.5, 0.6) is 0 Å². The highest BCUT2D eigenvalue weighted by Crippen LogP contribution is 2.39. The lowest BCUT2D eigenvalue weighted by molar-refractivity contribution is 1.07. The van der Waals surface area contributed by atoms with Crippen LogP contribution in [0.15, 0.2) is 30.3 Å². The van der Waals surface area contributed by atoms with Gasteiger partial charge >= 0.3 is 0 Å². The largest absolute Gasteiger partial charge is 0.326 e. The zero-order chi connectivity index (χ0) is 13.3. The van der Waals surface area contributed by atoms with Crippen LogP contribution in [0.25, 0.3) is 11.1 Å². The maximum atomic E-state index is 6.21. The predicted molar refractivity (Wildman–Crippen MR) is 79.8 cm³/mol. The third-order valence-electron chi connectivity index (χ3n) is 2.61. The number of nitrogens with two attached hydrogens (primary N) is 1. The zero-order valence-electron chi connectivity index (χ0n) is 9.18. The molecule has 0 atom stereocenters. The standard InChI is InChI=1S/C13H9Cl4N/c14-7-4-9(13(17)12(16)5-7)8-2-1-3-11(15)10(8)6-18/h1-5H,6,18H2. The van der Waals surface area contributed by atoms with E-state index < -0.39 is 0 Å². The fourth-order valence-corrected chi connectivity index (χ4v) is 2.73. The number of halogens is 4. The van der Waals surface area contributed by atoms with E-state index in [1.165, 1.54) is 0 Å². The molecule has 0 aliphatic carbocycles. The molecule has 2 rings (SSSR count). The molecule has 2 aromatic carbocycles. The van der Waals surface area contributed by atoms with Gasteiger partial charge in [0.1, 0.15) is 0 Å². The van der Waals surface area contributed by atoms with Gasteiger partial charge in [0.25, 0.3) is 0 Å². The average molecular weight is 321 g/mol. The summed E-state index contributed by atoms with van der Waals surface area (Å²) in [6, 6.07) is 8.86. The van der Waals surface area contributed by atoms with E-state index in [2.05, 4.69) is 0 Å². The summed E-state index contributed by atoms with van der Waals surface area (Å²) in [5.74, 6) is 0. The molecular weight excluding hydrogens is 312 g/mol. The fraction of sp³-hybridized carbons (Fsp3) is 0.0769. The highest BCUT2D eigenvalue weighted by molar-refractivity contribution is 6.45. The molecule has 0 spiro atoms. The number of rotatable bonds is 2. The highest BCUT2D eigenvalue weighted by Gasteiger charge is 2.13. The molecule has 0 saturated heterocycles. The number of hydrogen-bond donors (Lipinski definition) is 1. The molecule has 0 heterocycles. The van der Waals surface area contributed by atoms with Gasteiger partial charge in [-0.2, -0.15) is 0 Å². The Balaban J connectivity index is 2.73. The minimum Gasteiger partial charge on any atom is -0.326 e. The predicted octanol–water partition coefficient (Wildman–Crippen LogP) is 5.43. The van der Waals surface area contributed by atoms with E-state index in [0.717, 1.165) is 16.7 Å². The molecular formula is C13H9Cl4N. The van der Waals surface area contributed by atoms with Crippen LogP contribution >= 0.6 is 46.4 Å². The summed E-state index contributed by atoms with van der Waals surface area (Å²) in [5, 5.41) is 1.96. The molecule has 0 unspecified atom stereocenters. The summed E-state index contributed by atoms with van der Waals surface area (Å²) in [5.41, 5.74) is 8.12. The molecule has 18 heavy (non-hydrogen) atoms. The van der Waals surface area contributed by atoms with E-state index in [1.54, 1.807) is 18.2 Å². The Kier molecular flexibility index (Phi) is 4.41. The summed E-state index contributed by atoms with van der Waals surface area (Å²) in [4.78, 5) is 0. The molecule has 0 amide bonds. The molecule has 0 saturated carbocycles. The zero-order valence-corrected chi connectivity index (χ0v) is 12.2. The van der Waals surface area contributed by atoms with Crippen molar-refractivity contribution in [3.05, 3.63) is 56.0 Å². The first-order chi connectivity index (χ1) is 8.54. The molecule has 2 N–H and O–H groups in total. The second-order valence-corrected chi connectivity index (χ2v) is 5.35. The van der Waals surface area contributed by atoms with Gasteiger partial charge in [0.15, 0.2) is 0 Å². The number of hydrogen-bond acceptors (Lipinski definition) is 1. The molecule has 1 nitrogen and oxygen atoms in total. The van der Waals surface area contributed by atoms with Crippen molar-refractivity contribution in [2.75, 3.05) is 0 Å². The SMILES string of the molecule is NCc1c(Cl)cccc1-c1cc(Cl)cc(Cl)c1Cl. The lowest BCUT2D eigenvalue weighted by Crippen LogP contribution is -2.00. The maximum absolute atomic E-state index is 6.21. The van der Waals surface area contributed by atoms with Gasteiger partial charge in [-0.25, -0.2) is 0 Å². The first-order valence-corrected chi connectivity index (χ1v) is 6.68. The maximum Gasteiger partial charge on any atom is 0.0671 e. The first kappa shape index (κ1) is 14.0. The van der Waals surface area contributed by atoms with E-state index in [-0.39, 0.29) is 0 Å². The van der Waals surface area contributed by atoms with Gasteiger partial charge in [-0.05, 0) is 29.3 Å². The van der Waals surface area contributed by atoms with Crippen LogP contribution in [-0.2, 0) is 6.54 Å². The van der Waals surface area contributed by atoms with E-state index in [1.807, 2.05) is 12.1 Å². The summed E-state index contributed by atoms with van der Waals surface area (Å²) in [6.45, 7) is 0.315. The van der Waals surface area contributed by atoms with Crippen LogP contribution in [0.1, 0.15) is 5.56 Å². The van der Waals surface area contributed by atoms with Gasteiger partial charge in [0.2, 0.25) is 0 Å². The summed E-state index contributed by atoms with van der Waals surface area (Å²) >= 11 is 24.4. The third kappa shape index (κ3) is 2.61. The summed E-state index contributed by atoms with van der Waals surface area (Å²) < 4.78 is 0. The van der Waals surface area contributed by atoms with Gasteiger partial charge in [-0.15, -0.1) is 0 Å². The molecule has 0 radical (unpaired) electrons. The van der Waals surface area contributed by atoms with Crippen LogP contribution in [-0.4, -0.2) is 0 Å². The lowest BCUT2D eigenvalue weighted by atomic mass is 9.99. The quantitative estimate of drug-likeness (QED) is 0.734. The molecule has 0 fully saturated rings. The van der Waals surface area contributed by atoms with Crippen molar-refractivity contribution in [1.29, 1.82) is 0 Å². The van der Waals surface area contributed by atoms with Crippen LogP contribution < -0.4 is 5.73 Å². The smallest absolute Gasteiger partial charge is 0.0671 e.